The highest BCUT2D eigenvalue weighted by Crippen LogP contribution is 2.32. The van der Waals surface area contributed by atoms with Crippen LogP contribution in [0.3, 0.4) is 0 Å². The van der Waals surface area contributed by atoms with Crippen LogP contribution in [-0.4, -0.2) is 25.7 Å². The highest BCUT2D eigenvalue weighted by molar-refractivity contribution is 6.32. The lowest BCUT2D eigenvalue weighted by Gasteiger charge is -2.29. The molecule has 1 aromatic carbocycles. The molecular formula is C16H22ClNO3. The van der Waals surface area contributed by atoms with Gasteiger partial charge >= 0.3 is 0 Å². The van der Waals surface area contributed by atoms with Crippen LogP contribution in [-0.2, 0) is 9.53 Å². The molecule has 21 heavy (non-hydrogen) atoms. The fraction of sp³-hybridized carbons (Fsp3) is 0.562. The first-order chi connectivity index (χ1) is 10.1. The molecule has 0 spiro atoms. The maximum absolute atomic E-state index is 12.6. The summed E-state index contributed by atoms with van der Waals surface area (Å²) in [6.07, 6.45) is 5.88. The number of anilines is 1. The molecular weight excluding hydrogens is 290 g/mol. The third kappa shape index (κ3) is 3.69. The van der Waals surface area contributed by atoms with E-state index in [1.807, 2.05) is 0 Å². The van der Waals surface area contributed by atoms with E-state index >= 15 is 0 Å². The van der Waals surface area contributed by atoms with Crippen molar-refractivity contribution < 1.29 is 14.3 Å². The predicted octanol–water partition coefficient (Wildman–Crippen LogP) is 4.03. The van der Waals surface area contributed by atoms with Gasteiger partial charge < -0.3 is 14.8 Å². The van der Waals surface area contributed by atoms with Gasteiger partial charge in [0.15, 0.2) is 0 Å². The normalized spacial score (nSPS) is 17.9. The van der Waals surface area contributed by atoms with E-state index in [1.165, 1.54) is 0 Å². The van der Waals surface area contributed by atoms with Crippen LogP contribution in [0.15, 0.2) is 18.2 Å². The van der Waals surface area contributed by atoms with Crippen molar-refractivity contribution in [3.63, 3.8) is 0 Å². The van der Waals surface area contributed by atoms with Gasteiger partial charge in [-0.2, -0.15) is 0 Å². The number of hydrogen-bond donors (Lipinski definition) is 1. The minimum Gasteiger partial charge on any atom is -0.495 e. The van der Waals surface area contributed by atoms with E-state index in [-0.39, 0.29) is 5.91 Å². The van der Waals surface area contributed by atoms with Crippen LogP contribution in [0.25, 0.3) is 0 Å². The van der Waals surface area contributed by atoms with E-state index in [2.05, 4.69) is 5.32 Å². The summed E-state index contributed by atoms with van der Waals surface area (Å²) in [7, 11) is 3.18. The maximum atomic E-state index is 12.6. The Morgan fingerprint density at radius 3 is 2.38 bits per heavy atom. The van der Waals surface area contributed by atoms with Crippen molar-refractivity contribution in [2.75, 3.05) is 19.5 Å². The molecule has 0 saturated heterocycles. The van der Waals surface area contributed by atoms with E-state index in [0.29, 0.717) is 16.5 Å². The lowest BCUT2D eigenvalue weighted by atomic mass is 9.93. The Balaban J connectivity index is 2.13. The number of ether oxygens (including phenoxy) is 2. The third-order valence-electron chi connectivity index (χ3n) is 4.13. The molecule has 1 N–H and O–H groups in total. The molecule has 2 rings (SSSR count). The second kappa shape index (κ2) is 7.14. The Hall–Kier alpha value is -1.26. The minimum absolute atomic E-state index is 0.0897. The topological polar surface area (TPSA) is 47.6 Å². The molecule has 0 heterocycles. The number of hydrogen-bond acceptors (Lipinski definition) is 3. The molecule has 1 fully saturated rings. The number of amides is 1. The summed E-state index contributed by atoms with van der Waals surface area (Å²) in [6.45, 7) is 0. The van der Waals surface area contributed by atoms with Crippen molar-refractivity contribution in [1.29, 1.82) is 0 Å². The van der Waals surface area contributed by atoms with Gasteiger partial charge in [0.2, 0.25) is 0 Å². The van der Waals surface area contributed by atoms with E-state index in [1.54, 1.807) is 32.4 Å². The Labute approximate surface area is 130 Å². The van der Waals surface area contributed by atoms with E-state index in [0.717, 1.165) is 38.5 Å². The zero-order valence-corrected chi connectivity index (χ0v) is 13.3. The van der Waals surface area contributed by atoms with Gasteiger partial charge in [-0.1, -0.05) is 37.3 Å². The number of rotatable bonds is 4. The van der Waals surface area contributed by atoms with Crippen molar-refractivity contribution in [3.8, 4) is 5.75 Å². The van der Waals surface area contributed by atoms with Crippen LogP contribution >= 0.6 is 11.6 Å². The molecule has 1 aromatic rings. The van der Waals surface area contributed by atoms with Crippen molar-refractivity contribution in [2.24, 2.45) is 0 Å². The lowest BCUT2D eigenvalue weighted by Crippen LogP contribution is -2.44. The first-order valence-electron chi connectivity index (χ1n) is 7.31. The standard InChI is InChI=1S/C16H22ClNO3/c1-20-14-8-7-12(11-13(14)17)18-15(19)16(21-2)9-5-3-4-6-10-16/h7-8,11H,3-6,9-10H2,1-2H3,(H,18,19). The van der Waals surface area contributed by atoms with Gasteiger partial charge in [-0.15, -0.1) is 0 Å². The van der Waals surface area contributed by atoms with Gasteiger partial charge in [0.1, 0.15) is 11.4 Å². The fourth-order valence-corrected chi connectivity index (χ4v) is 3.07. The van der Waals surface area contributed by atoms with Crippen LogP contribution in [0.4, 0.5) is 5.69 Å². The second-order valence-corrected chi connectivity index (χ2v) is 5.82. The van der Waals surface area contributed by atoms with Gasteiger partial charge in [-0.25, -0.2) is 0 Å². The van der Waals surface area contributed by atoms with Crippen LogP contribution in [0.1, 0.15) is 38.5 Å². The molecule has 0 atom stereocenters. The Morgan fingerprint density at radius 2 is 1.86 bits per heavy atom. The summed E-state index contributed by atoms with van der Waals surface area (Å²) in [4.78, 5) is 12.6. The van der Waals surface area contributed by atoms with Gasteiger partial charge in [-0.05, 0) is 31.0 Å². The Bertz CT molecular complexity index is 496. The summed E-state index contributed by atoms with van der Waals surface area (Å²) in [5.41, 5.74) is -0.0606. The minimum atomic E-state index is -0.719. The predicted molar refractivity (Wildman–Crippen MR) is 84.1 cm³/mol. The molecule has 1 aliphatic carbocycles. The molecule has 1 aliphatic rings. The summed E-state index contributed by atoms with van der Waals surface area (Å²) < 4.78 is 10.7. The van der Waals surface area contributed by atoms with Crippen molar-refractivity contribution in [2.45, 2.75) is 44.1 Å². The molecule has 4 nitrogen and oxygen atoms in total. The first-order valence-corrected chi connectivity index (χ1v) is 7.69. The van der Waals surface area contributed by atoms with E-state index in [4.69, 9.17) is 21.1 Å². The zero-order chi connectivity index (χ0) is 15.3. The molecule has 0 aromatic heterocycles. The lowest BCUT2D eigenvalue weighted by molar-refractivity contribution is -0.139. The molecule has 1 saturated carbocycles. The Kier molecular flexibility index (Phi) is 5.48. The number of carbonyl (C=O) groups excluding carboxylic acids is 1. The highest BCUT2D eigenvalue weighted by atomic mass is 35.5. The quantitative estimate of drug-likeness (QED) is 0.854. The van der Waals surface area contributed by atoms with Crippen LogP contribution < -0.4 is 10.1 Å². The number of carbonyl (C=O) groups is 1. The van der Waals surface area contributed by atoms with Gasteiger partial charge in [-0.3, -0.25) is 4.79 Å². The zero-order valence-electron chi connectivity index (χ0n) is 12.6. The summed E-state index contributed by atoms with van der Waals surface area (Å²) in [6, 6.07) is 5.21. The fourth-order valence-electron chi connectivity index (χ4n) is 2.81. The summed E-state index contributed by atoms with van der Waals surface area (Å²) in [5, 5.41) is 3.39. The number of methoxy groups -OCH3 is 2. The first kappa shape index (κ1) is 16.1. The summed E-state index contributed by atoms with van der Waals surface area (Å²) in [5.74, 6) is 0.499. The van der Waals surface area contributed by atoms with Crippen LogP contribution in [0.2, 0.25) is 5.02 Å². The molecule has 116 valence electrons. The average Bonchev–Trinajstić information content (AvgIpc) is 2.74. The third-order valence-corrected chi connectivity index (χ3v) is 4.42. The summed E-state index contributed by atoms with van der Waals surface area (Å²) >= 11 is 6.09. The molecule has 0 radical (unpaired) electrons. The Morgan fingerprint density at radius 1 is 1.19 bits per heavy atom. The number of nitrogens with one attached hydrogen (secondary N) is 1. The van der Waals surface area contributed by atoms with Crippen molar-refractivity contribution >= 4 is 23.2 Å². The SMILES string of the molecule is COc1ccc(NC(=O)C2(OC)CCCCCC2)cc1Cl. The smallest absolute Gasteiger partial charge is 0.256 e. The maximum Gasteiger partial charge on any atom is 0.256 e. The molecule has 0 unspecified atom stereocenters. The van der Waals surface area contributed by atoms with Crippen LogP contribution in [0.5, 0.6) is 5.75 Å². The van der Waals surface area contributed by atoms with Crippen molar-refractivity contribution in [1.82, 2.24) is 0 Å². The van der Waals surface area contributed by atoms with E-state index < -0.39 is 5.60 Å². The molecule has 5 heteroatoms. The van der Waals surface area contributed by atoms with Crippen LogP contribution in [0, 0.1) is 0 Å². The molecule has 0 aliphatic heterocycles. The highest BCUT2D eigenvalue weighted by Gasteiger charge is 2.38. The largest absolute Gasteiger partial charge is 0.495 e. The van der Waals surface area contributed by atoms with Gasteiger partial charge in [0.05, 0.1) is 12.1 Å². The van der Waals surface area contributed by atoms with Gasteiger partial charge in [0, 0.05) is 12.8 Å². The molecule has 1 amide bonds. The van der Waals surface area contributed by atoms with E-state index in [9.17, 15) is 4.79 Å². The number of halogens is 1. The monoisotopic (exact) mass is 311 g/mol. The number of benzene rings is 1. The molecule has 0 bridgehead atoms. The average molecular weight is 312 g/mol. The van der Waals surface area contributed by atoms with Gasteiger partial charge in [0.25, 0.3) is 5.91 Å². The van der Waals surface area contributed by atoms with Crippen molar-refractivity contribution in [3.05, 3.63) is 23.2 Å². The second-order valence-electron chi connectivity index (χ2n) is 5.42.